The van der Waals surface area contributed by atoms with Crippen LogP contribution in [-0.4, -0.2) is 13.6 Å². The Kier molecular flexibility index (Phi) is 5.62. The molecule has 1 unspecified atom stereocenters. The second kappa shape index (κ2) is 7.46. The highest BCUT2D eigenvalue weighted by atomic mass is 32.1. The first kappa shape index (κ1) is 14.3. The van der Waals surface area contributed by atoms with Crippen molar-refractivity contribution in [3.8, 4) is 0 Å². The van der Waals surface area contributed by atoms with Crippen LogP contribution in [0.3, 0.4) is 0 Å². The van der Waals surface area contributed by atoms with Crippen molar-refractivity contribution in [2.45, 2.75) is 26.2 Å². The molecule has 0 saturated carbocycles. The van der Waals surface area contributed by atoms with E-state index in [2.05, 4.69) is 54.0 Å². The quantitative estimate of drug-likeness (QED) is 0.802. The summed E-state index contributed by atoms with van der Waals surface area (Å²) in [6.07, 6.45) is 3.64. The molecule has 1 heterocycles. The van der Waals surface area contributed by atoms with Crippen molar-refractivity contribution >= 4 is 11.3 Å². The normalized spacial score (nSPS) is 12.5. The van der Waals surface area contributed by atoms with Crippen LogP contribution in [0.4, 0.5) is 0 Å². The van der Waals surface area contributed by atoms with Crippen molar-refractivity contribution in [3.05, 3.63) is 57.8 Å². The van der Waals surface area contributed by atoms with Crippen LogP contribution in [0.2, 0.25) is 0 Å². The third-order valence-corrected chi connectivity index (χ3v) is 4.45. The van der Waals surface area contributed by atoms with Gasteiger partial charge in [-0.2, -0.15) is 0 Å². The van der Waals surface area contributed by atoms with E-state index in [-0.39, 0.29) is 0 Å². The highest BCUT2D eigenvalue weighted by Gasteiger charge is 2.09. The molecule has 0 aliphatic rings. The topological polar surface area (TPSA) is 12.0 Å². The first-order chi connectivity index (χ1) is 9.28. The molecular formula is C17H23NS. The van der Waals surface area contributed by atoms with Crippen LogP contribution in [0.1, 0.15) is 22.4 Å². The van der Waals surface area contributed by atoms with Crippen molar-refractivity contribution in [1.29, 1.82) is 0 Å². The Labute approximate surface area is 120 Å². The maximum absolute atomic E-state index is 3.33. The molecule has 0 amide bonds. The largest absolute Gasteiger partial charge is 0.319 e. The van der Waals surface area contributed by atoms with Gasteiger partial charge >= 0.3 is 0 Å². The second-order valence-electron chi connectivity index (χ2n) is 5.23. The van der Waals surface area contributed by atoms with Crippen LogP contribution >= 0.6 is 11.3 Å². The summed E-state index contributed by atoms with van der Waals surface area (Å²) in [6, 6.07) is 13.3. The molecule has 1 nitrogen and oxygen atoms in total. The van der Waals surface area contributed by atoms with E-state index in [9.17, 15) is 0 Å². The summed E-state index contributed by atoms with van der Waals surface area (Å²) in [5, 5.41) is 5.50. The van der Waals surface area contributed by atoms with Crippen LogP contribution < -0.4 is 5.32 Å². The van der Waals surface area contributed by atoms with Crippen LogP contribution in [0, 0.1) is 12.8 Å². The van der Waals surface area contributed by atoms with Crippen LogP contribution in [0.25, 0.3) is 0 Å². The number of nitrogens with one attached hydrogen (secondary N) is 1. The molecule has 1 N–H and O–H groups in total. The Morgan fingerprint density at radius 1 is 1.16 bits per heavy atom. The highest BCUT2D eigenvalue weighted by Crippen LogP contribution is 2.18. The van der Waals surface area contributed by atoms with Gasteiger partial charge in [-0.25, -0.2) is 0 Å². The van der Waals surface area contributed by atoms with Crippen molar-refractivity contribution in [1.82, 2.24) is 5.32 Å². The molecule has 2 rings (SSSR count). The molecule has 2 heteroatoms. The molecule has 102 valence electrons. The van der Waals surface area contributed by atoms with E-state index in [1.165, 1.54) is 35.3 Å². The van der Waals surface area contributed by atoms with Gasteiger partial charge in [0.15, 0.2) is 0 Å². The summed E-state index contributed by atoms with van der Waals surface area (Å²) < 4.78 is 0. The molecular weight excluding hydrogens is 250 g/mol. The lowest BCUT2D eigenvalue weighted by atomic mass is 9.94. The lowest BCUT2D eigenvalue weighted by molar-refractivity contribution is 0.462. The molecule has 1 aromatic heterocycles. The summed E-state index contributed by atoms with van der Waals surface area (Å²) in [4.78, 5) is 1.50. The van der Waals surface area contributed by atoms with Gasteiger partial charge in [-0.05, 0) is 62.7 Å². The Morgan fingerprint density at radius 3 is 2.58 bits per heavy atom. The average molecular weight is 273 g/mol. The number of aryl methyl sites for hydroxylation is 2. The molecule has 1 aromatic carbocycles. The predicted molar refractivity (Wildman–Crippen MR) is 84.9 cm³/mol. The molecule has 0 saturated heterocycles. The van der Waals surface area contributed by atoms with Gasteiger partial charge in [-0.15, -0.1) is 11.3 Å². The van der Waals surface area contributed by atoms with E-state index in [0.29, 0.717) is 0 Å². The standard InChI is InChI=1S/C17H23NS/c1-14-5-7-15(8-6-14)12-16(13-18-2)9-10-17-4-3-11-19-17/h3-8,11,16,18H,9-10,12-13H2,1-2H3. The average Bonchev–Trinajstić information content (AvgIpc) is 2.92. The minimum Gasteiger partial charge on any atom is -0.319 e. The van der Waals surface area contributed by atoms with Gasteiger partial charge in [0.2, 0.25) is 0 Å². The van der Waals surface area contributed by atoms with Gasteiger partial charge in [0, 0.05) is 4.88 Å². The SMILES string of the molecule is CNCC(CCc1cccs1)Cc1ccc(C)cc1. The fourth-order valence-electron chi connectivity index (χ4n) is 2.42. The van der Waals surface area contributed by atoms with Crippen LogP contribution in [0.15, 0.2) is 41.8 Å². The van der Waals surface area contributed by atoms with Gasteiger partial charge in [-0.3, -0.25) is 0 Å². The molecule has 1 atom stereocenters. The zero-order valence-electron chi connectivity index (χ0n) is 11.9. The Balaban J connectivity index is 1.89. The van der Waals surface area contributed by atoms with E-state index >= 15 is 0 Å². The minimum absolute atomic E-state index is 0.717. The van der Waals surface area contributed by atoms with Gasteiger partial charge in [-0.1, -0.05) is 35.9 Å². The Morgan fingerprint density at radius 2 is 1.95 bits per heavy atom. The molecule has 0 fully saturated rings. The van der Waals surface area contributed by atoms with Crippen molar-refractivity contribution in [2.24, 2.45) is 5.92 Å². The molecule has 0 aliphatic carbocycles. The van der Waals surface area contributed by atoms with Crippen molar-refractivity contribution in [3.63, 3.8) is 0 Å². The van der Waals surface area contributed by atoms with E-state index in [0.717, 1.165) is 12.5 Å². The third kappa shape index (κ3) is 4.81. The first-order valence-electron chi connectivity index (χ1n) is 7.00. The number of benzene rings is 1. The number of hydrogen-bond donors (Lipinski definition) is 1. The summed E-state index contributed by atoms with van der Waals surface area (Å²) in [5.41, 5.74) is 2.80. The third-order valence-electron chi connectivity index (χ3n) is 3.52. The van der Waals surface area contributed by atoms with E-state index in [4.69, 9.17) is 0 Å². The molecule has 0 spiro atoms. The Bertz CT molecular complexity index is 459. The maximum Gasteiger partial charge on any atom is 0.00453 e. The lowest BCUT2D eigenvalue weighted by Gasteiger charge is -2.16. The molecule has 2 aromatic rings. The molecule has 0 radical (unpaired) electrons. The number of rotatable bonds is 7. The maximum atomic E-state index is 3.33. The fourth-order valence-corrected chi connectivity index (χ4v) is 3.15. The molecule has 19 heavy (non-hydrogen) atoms. The van der Waals surface area contributed by atoms with Gasteiger partial charge < -0.3 is 5.32 Å². The summed E-state index contributed by atoms with van der Waals surface area (Å²) in [6.45, 7) is 3.24. The highest BCUT2D eigenvalue weighted by molar-refractivity contribution is 7.09. The van der Waals surface area contributed by atoms with E-state index in [1.54, 1.807) is 0 Å². The van der Waals surface area contributed by atoms with Gasteiger partial charge in [0.05, 0.1) is 0 Å². The van der Waals surface area contributed by atoms with Crippen LogP contribution in [-0.2, 0) is 12.8 Å². The monoisotopic (exact) mass is 273 g/mol. The zero-order valence-corrected chi connectivity index (χ0v) is 12.7. The fraction of sp³-hybridized carbons (Fsp3) is 0.412. The van der Waals surface area contributed by atoms with E-state index < -0.39 is 0 Å². The van der Waals surface area contributed by atoms with Gasteiger partial charge in [0.1, 0.15) is 0 Å². The first-order valence-corrected chi connectivity index (χ1v) is 7.88. The van der Waals surface area contributed by atoms with E-state index in [1.807, 2.05) is 18.4 Å². The zero-order chi connectivity index (χ0) is 13.5. The second-order valence-corrected chi connectivity index (χ2v) is 6.26. The Hall–Kier alpha value is -1.12. The molecule has 0 aliphatic heterocycles. The van der Waals surface area contributed by atoms with Crippen molar-refractivity contribution in [2.75, 3.05) is 13.6 Å². The summed E-state index contributed by atoms with van der Waals surface area (Å²) in [5.74, 6) is 0.717. The van der Waals surface area contributed by atoms with Gasteiger partial charge in [0.25, 0.3) is 0 Å². The predicted octanol–water partition coefficient (Wildman–Crippen LogP) is 4.07. The summed E-state index contributed by atoms with van der Waals surface area (Å²) in [7, 11) is 2.05. The molecule has 0 bridgehead atoms. The van der Waals surface area contributed by atoms with Crippen molar-refractivity contribution < 1.29 is 0 Å². The smallest absolute Gasteiger partial charge is 0.00453 e. The summed E-state index contributed by atoms with van der Waals surface area (Å²) >= 11 is 1.87. The lowest BCUT2D eigenvalue weighted by Crippen LogP contribution is -2.21. The number of thiophene rings is 1. The minimum atomic E-state index is 0.717. The van der Waals surface area contributed by atoms with Crippen LogP contribution in [0.5, 0.6) is 0 Å². The number of hydrogen-bond acceptors (Lipinski definition) is 2.